The van der Waals surface area contributed by atoms with E-state index in [1.165, 1.54) is 0 Å². The molecule has 1 aromatic heterocycles. The lowest BCUT2D eigenvalue weighted by atomic mass is 10.0. The van der Waals surface area contributed by atoms with E-state index in [4.69, 9.17) is 0 Å². The Hall–Kier alpha value is -2.21. The van der Waals surface area contributed by atoms with Crippen LogP contribution in [0, 0.1) is 18.3 Å². The van der Waals surface area contributed by atoms with E-state index in [9.17, 15) is 5.26 Å². The van der Waals surface area contributed by atoms with Crippen LogP contribution < -0.4 is 0 Å². The van der Waals surface area contributed by atoms with Crippen molar-refractivity contribution in [2.75, 3.05) is 6.54 Å². The number of nitriles is 1. The maximum atomic E-state index is 9.18. The molecule has 90 valence electrons. The second-order valence-corrected chi connectivity index (χ2v) is 4.25. The Kier molecular flexibility index (Phi) is 3.69. The summed E-state index contributed by atoms with van der Waals surface area (Å²) in [6.07, 6.45) is 4.45. The van der Waals surface area contributed by atoms with Crippen LogP contribution in [-0.2, 0) is 6.42 Å². The highest BCUT2D eigenvalue weighted by molar-refractivity contribution is 5.85. The van der Waals surface area contributed by atoms with Gasteiger partial charge in [0.2, 0.25) is 0 Å². The van der Waals surface area contributed by atoms with Crippen LogP contribution in [0.15, 0.2) is 29.4 Å². The number of fused-ring (bicyclic) bond motifs is 1. The summed E-state index contributed by atoms with van der Waals surface area (Å²) in [7, 11) is 0. The lowest BCUT2D eigenvalue weighted by molar-refractivity contribution is 0.973. The SMILES string of the molecule is CC=NCCc1cc(C#N)c2ncc(C)cc2c1. The number of hydrogen-bond acceptors (Lipinski definition) is 3. The van der Waals surface area contributed by atoms with Crippen LogP contribution in [0.2, 0.25) is 0 Å². The zero-order valence-corrected chi connectivity index (χ0v) is 10.6. The highest BCUT2D eigenvalue weighted by Crippen LogP contribution is 2.20. The highest BCUT2D eigenvalue weighted by atomic mass is 14.7. The number of pyridine rings is 1. The maximum absolute atomic E-state index is 9.18. The molecule has 3 heteroatoms. The van der Waals surface area contributed by atoms with Gasteiger partial charge in [0.25, 0.3) is 0 Å². The van der Waals surface area contributed by atoms with Crippen LogP contribution in [-0.4, -0.2) is 17.7 Å². The van der Waals surface area contributed by atoms with E-state index in [1.807, 2.05) is 19.9 Å². The average Bonchev–Trinajstić information content (AvgIpc) is 2.37. The molecule has 3 nitrogen and oxygen atoms in total. The second-order valence-electron chi connectivity index (χ2n) is 4.25. The zero-order valence-electron chi connectivity index (χ0n) is 10.6. The van der Waals surface area contributed by atoms with Crippen molar-refractivity contribution >= 4 is 17.1 Å². The van der Waals surface area contributed by atoms with Gasteiger partial charge in [-0.15, -0.1) is 0 Å². The Morgan fingerprint density at radius 1 is 1.39 bits per heavy atom. The fourth-order valence-corrected chi connectivity index (χ4v) is 1.97. The van der Waals surface area contributed by atoms with Gasteiger partial charge in [0.1, 0.15) is 6.07 Å². The molecular formula is C15H15N3. The number of aromatic nitrogens is 1. The van der Waals surface area contributed by atoms with Crippen molar-refractivity contribution in [2.24, 2.45) is 4.99 Å². The fraction of sp³-hybridized carbons (Fsp3) is 0.267. The number of benzene rings is 1. The Balaban J connectivity index is 2.47. The number of rotatable bonds is 3. The summed E-state index contributed by atoms with van der Waals surface area (Å²) in [5, 5.41) is 10.2. The van der Waals surface area contributed by atoms with Gasteiger partial charge in [0, 0.05) is 18.1 Å². The highest BCUT2D eigenvalue weighted by Gasteiger charge is 2.05. The Bertz CT molecular complexity index is 636. The normalized spacial score (nSPS) is 10.9. The van der Waals surface area contributed by atoms with Crippen LogP contribution in [0.4, 0.5) is 0 Å². The Labute approximate surface area is 107 Å². The monoisotopic (exact) mass is 237 g/mol. The van der Waals surface area contributed by atoms with E-state index in [0.717, 1.165) is 35.0 Å². The molecule has 0 bridgehead atoms. The van der Waals surface area contributed by atoms with Crippen LogP contribution in [0.25, 0.3) is 10.9 Å². The molecular weight excluding hydrogens is 222 g/mol. The predicted octanol–water partition coefficient (Wildman–Crippen LogP) is 3.05. The Morgan fingerprint density at radius 2 is 2.22 bits per heavy atom. The molecule has 0 unspecified atom stereocenters. The molecule has 2 rings (SSSR count). The first kappa shape index (κ1) is 12.3. The van der Waals surface area contributed by atoms with E-state index in [1.54, 1.807) is 12.4 Å². The van der Waals surface area contributed by atoms with Crippen molar-refractivity contribution in [2.45, 2.75) is 20.3 Å². The third kappa shape index (κ3) is 2.54. The second kappa shape index (κ2) is 5.42. The van der Waals surface area contributed by atoms with Crippen molar-refractivity contribution in [1.29, 1.82) is 5.26 Å². The quantitative estimate of drug-likeness (QED) is 0.770. The molecule has 0 aliphatic carbocycles. The fourth-order valence-electron chi connectivity index (χ4n) is 1.97. The average molecular weight is 237 g/mol. The van der Waals surface area contributed by atoms with Gasteiger partial charge in [0.05, 0.1) is 11.1 Å². The summed E-state index contributed by atoms with van der Waals surface area (Å²) in [5.74, 6) is 0. The number of hydrogen-bond donors (Lipinski definition) is 0. The topological polar surface area (TPSA) is 49.0 Å². The molecule has 2 aromatic rings. The van der Waals surface area contributed by atoms with Gasteiger partial charge in [-0.05, 0) is 55.8 Å². The first-order valence-electron chi connectivity index (χ1n) is 5.98. The minimum Gasteiger partial charge on any atom is -0.297 e. The number of aliphatic imine (C=N–C) groups is 1. The zero-order chi connectivity index (χ0) is 13.0. The van der Waals surface area contributed by atoms with Gasteiger partial charge in [-0.3, -0.25) is 9.98 Å². The van der Waals surface area contributed by atoms with Gasteiger partial charge in [0.15, 0.2) is 0 Å². The Morgan fingerprint density at radius 3 is 2.94 bits per heavy atom. The minimum atomic E-state index is 0.642. The largest absolute Gasteiger partial charge is 0.297 e. The van der Waals surface area contributed by atoms with Crippen LogP contribution in [0.1, 0.15) is 23.6 Å². The molecule has 0 aliphatic rings. The summed E-state index contributed by atoms with van der Waals surface area (Å²) >= 11 is 0. The number of nitrogens with zero attached hydrogens (tertiary/aromatic N) is 3. The molecule has 1 heterocycles. The van der Waals surface area contributed by atoms with Crippen LogP contribution >= 0.6 is 0 Å². The minimum absolute atomic E-state index is 0.642. The molecule has 0 spiro atoms. The third-order valence-electron chi connectivity index (χ3n) is 2.81. The lowest BCUT2D eigenvalue weighted by Crippen LogP contribution is -1.94. The molecule has 0 fully saturated rings. The first-order valence-corrected chi connectivity index (χ1v) is 5.98. The third-order valence-corrected chi connectivity index (χ3v) is 2.81. The molecule has 0 radical (unpaired) electrons. The van der Waals surface area contributed by atoms with Gasteiger partial charge in [-0.1, -0.05) is 0 Å². The van der Waals surface area contributed by atoms with E-state index in [2.05, 4.69) is 28.2 Å². The summed E-state index contributed by atoms with van der Waals surface area (Å²) in [6.45, 7) is 4.67. The smallest absolute Gasteiger partial charge is 0.101 e. The standard InChI is InChI=1S/C15H15N3/c1-3-17-5-4-12-7-13-6-11(2)10-18-15(13)14(8-12)9-16/h3,6-8,10H,4-5H2,1-2H3. The van der Waals surface area contributed by atoms with Crippen LogP contribution in [0.5, 0.6) is 0 Å². The van der Waals surface area contributed by atoms with E-state index >= 15 is 0 Å². The predicted molar refractivity (Wildman–Crippen MR) is 73.9 cm³/mol. The maximum Gasteiger partial charge on any atom is 0.101 e. The molecule has 0 atom stereocenters. The summed E-state index contributed by atoms with van der Waals surface area (Å²) in [5.41, 5.74) is 3.67. The summed E-state index contributed by atoms with van der Waals surface area (Å²) < 4.78 is 0. The van der Waals surface area contributed by atoms with Crippen molar-refractivity contribution < 1.29 is 0 Å². The van der Waals surface area contributed by atoms with Crippen molar-refractivity contribution in [3.8, 4) is 6.07 Å². The van der Waals surface area contributed by atoms with Crippen LogP contribution in [0.3, 0.4) is 0 Å². The summed E-state index contributed by atoms with van der Waals surface area (Å²) in [6, 6.07) is 8.30. The van der Waals surface area contributed by atoms with E-state index < -0.39 is 0 Å². The molecule has 1 aromatic carbocycles. The van der Waals surface area contributed by atoms with Crippen molar-refractivity contribution in [3.63, 3.8) is 0 Å². The lowest BCUT2D eigenvalue weighted by Gasteiger charge is -2.05. The van der Waals surface area contributed by atoms with E-state index in [0.29, 0.717) is 5.56 Å². The molecule has 0 N–H and O–H groups in total. The first-order chi connectivity index (χ1) is 8.74. The van der Waals surface area contributed by atoms with Gasteiger partial charge >= 0.3 is 0 Å². The molecule has 0 aliphatic heterocycles. The van der Waals surface area contributed by atoms with E-state index in [-0.39, 0.29) is 0 Å². The summed E-state index contributed by atoms with van der Waals surface area (Å²) in [4.78, 5) is 8.53. The van der Waals surface area contributed by atoms with Gasteiger partial charge in [-0.25, -0.2) is 0 Å². The molecule has 0 amide bonds. The molecule has 18 heavy (non-hydrogen) atoms. The van der Waals surface area contributed by atoms with Crippen molar-refractivity contribution in [1.82, 2.24) is 4.98 Å². The van der Waals surface area contributed by atoms with Gasteiger partial charge in [-0.2, -0.15) is 5.26 Å². The van der Waals surface area contributed by atoms with Crippen molar-refractivity contribution in [3.05, 3.63) is 41.1 Å². The molecule has 0 saturated heterocycles. The van der Waals surface area contributed by atoms with Gasteiger partial charge < -0.3 is 0 Å². The molecule has 0 saturated carbocycles. The number of aryl methyl sites for hydroxylation is 1.